The minimum atomic E-state index is -0.144. The van der Waals surface area contributed by atoms with Gasteiger partial charge in [-0.05, 0) is 41.5 Å². The standard InChI is InChI=1S/C22H19N3O2/c26-22(24-14-16-8-10-23-11-9-16)21-12-18-6-7-19(13-20(18)25-21)27-15-17-4-2-1-3-5-17/h1-13,25H,14-15H2,(H,24,26). The van der Waals surface area contributed by atoms with Gasteiger partial charge in [0.2, 0.25) is 0 Å². The molecule has 27 heavy (non-hydrogen) atoms. The number of amides is 1. The maximum absolute atomic E-state index is 12.4. The van der Waals surface area contributed by atoms with Gasteiger partial charge in [0.1, 0.15) is 18.1 Å². The highest BCUT2D eigenvalue weighted by Crippen LogP contribution is 2.22. The largest absolute Gasteiger partial charge is 0.489 e. The highest BCUT2D eigenvalue weighted by atomic mass is 16.5. The Hall–Kier alpha value is -3.60. The Kier molecular flexibility index (Phi) is 4.83. The summed E-state index contributed by atoms with van der Waals surface area (Å²) in [6.45, 7) is 0.967. The molecule has 0 saturated carbocycles. The van der Waals surface area contributed by atoms with Crippen molar-refractivity contribution in [1.82, 2.24) is 15.3 Å². The van der Waals surface area contributed by atoms with Crippen molar-refractivity contribution in [3.8, 4) is 5.75 Å². The maximum Gasteiger partial charge on any atom is 0.267 e. The molecule has 4 aromatic rings. The molecule has 0 aliphatic heterocycles. The van der Waals surface area contributed by atoms with E-state index < -0.39 is 0 Å². The van der Waals surface area contributed by atoms with E-state index in [1.807, 2.05) is 66.7 Å². The van der Waals surface area contributed by atoms with E-state index in [-0.39, 0.29) is 5.91 Å². The number of H-pyrrole nitrogens is 1. The van der Waals surface area contributed by atoms with Crippen molar-refractivity contribution in [2.45, 2.75) is 13.2 Å². The fraction of sp³-hybridized carbons (Fsp3) is 0.0909. The maximum atomic E-state index is 12.4. The van der Waals surface area contributed by atoms with Gasteiger partial charge in [0.05, 0.1) is 0 Å². The quantitative estimate of drug-likeness (QED) is 0.547. The number of carbonyl (C=O) groups is 1. The smallest absolute Gasteiger partial charge is 0.267 e. The molecule has 0 aliphatic rings. The molecular formula is C22H19N3O2. The van der Waals surface area contributed by atoms with Crippen LogP contribution in [0.4, 0.5) is 0 Å². The van der Waals surface area contributed by atoms with Gasteiger partial charge in [-0.25, -0.2) is 0 Å². The lowest BCUT2D eigenvalue weighted by Crippen LogP contribution is -2.23. The molecule has 0 aliphatic carbocycles. The molecule has 2 heterocycles. The zero-order valence-electron chi connectivity index (χ0n) is 14.7. The highest BCUT2D eigenvalue weighted by molar-refractivity contribution is 5.98. The van der Waals surface area contributed by atoms with Gasteiger partial charge < -0.3 is 15.0 Å². The molecular weight excluding hydrogens is 338 g/mol. The Morgan fingerprint density at radius 1 is 0.963 bits per heavy atom. The summed E-state index contributed by atoms with van der Waals surface area (Å²) in [6, 6.07) is 21.4. The van der Waals surface area contributed by atoms with Crippen LogP contribution in [-0.2, 0) is 13.2 Å². The Bertz CT molecular complexity index is 1040. The Labute approximate surface area is 157 Å². The van der Waals surface area contributed by atoms with Crippen LogP contribution >= 0.6 is 0 Å². The predicted molar refractivity (Wildman–Crippen MR) is 104 cm³/mol. The third-order valence-corrected chi connectivity index (χ3v) is 4.29. The van der Waals surface area contributed by atoms with Crippen molar-refractivity contribution in [3.05, 3.63) is 95.9 Å². The molecule has 2 aromatic carbocycles. The summed E-state index contributed by atoms with van der Waals surface area (Å²) in [5.41, 5.74) is 3.51. The molecule has 2 aromatic heterocycles. The number of aromatic nitrogens is 2. The molecule has 134 valence electrons. The van der Waals surface area contributed by atoms with Gasteiger partial charge in [0.25, 0.3) is 5.91 Å². The summed E-state index contributed by atoms with van der Waals surface area (Å²) in [5.74, 6) is 0.617. The van der Waals surface area contributed by atoms with Gasteiger partial charge >= 0.3 is 0 Å². The van der Waals surface area contributed by atoms with Crippen LogP contribution in [0.25, 0.3) is 10.9 Å². The van der Waals surface area contributed by atoms with E-state index in [0.29, 0.717) is 18.8 Å². The number of fused-ring (bicyclic) bond motifs is 1. The monoisotopic (exact) mass is 357 g/mol. The highest BCUT2D eigenvalue weighted by Gasteiger charge is 2.10. The van der Waals surface area contributed by atoms with Crippen molar-refractivity contribution in [3.63, 3.8) is 0 Å². The number of carbonyl (C=O) groups excluding carboxylic acids is 1. The average Bonchev–Trinajstić information content (AvgIpc) is 3.15. The van der Waals surface area contributed by atoms with Crippen LogP contribution in [0.15, 0.2) is 79.1 Å². The van der Waals surface area contributed by atoms with Crippen LogP contribution in [0.1, 0.15) is 21.6 Å². The molecule has 5 nitrogen and oxygen atoms in total. The number of nitrogens with zero attached hydrogens (tertiary/aromatic N) is 1. The minimum Gasteiger partial charge on any atom is -0.489 e. The van der Waals surface area contributed by atoms with Gasteiger partial charge in [-0.1, -0.05) is 30.3 Å². The third kappa shape index (κ3) is 4.15. The fourth-order valence-electron chi connectivity index (χ4n) is 2.84. The van der Waals surface area contributed by atoms with E-state index in [1.165, 1.54) is 0 Å². The van der Waals surface area contributed by atoms with Crippen molar-refractivity contribution in [2.75, 3.05) is 0 Å². The molecule has 0 spiro atoms. The summed E-state index contributed by atoms with van der Waals surface area (Å²) in [5, 5.41) is 3.88. The van der Waals surface area contributed by atoms with E-state index in [2.05, 4.69) is 15.3 Å². The second kappa shape index (κ2) is 7.74. The number of hydrogen-bond acceptors (Lipinski definition) is 3. The topological polar surface area (TPSA) is 67.0 Å². The van der Waals surface area contributed by atoms with Gasteiger partial charge in [-0.15, -0.1) is 0 Å². The number of nitrogens with one attached hydrogen (secondary N) is 2. The molecule has 0 radical (unpaired) electrons. The van der Waals surface area contributed by atoms with Crippen LogP contribution in [0.2, 0.25) is 0 Å². The number of ether oxygens (including phenoxy) is 1. The first-order valence-corrected chi connectivity index (χ1v) is 8.74. The lowest BCUT2D eigenvalue weighted by atomic mass is 10.2. The molecule has 4 rings (SSSR count). The Morgan fingerprint density at radius 3 is 2.59 bits per heavy atom. The van der Waals surface area contributed by atoms with Gasteiger partial charge in [0, 0.05) is 35.9 Å². The van der Waals surface area contributed by atoms with E-state index >= 15 is 0 Å². The second-order valence-electron chi connectivity index (χ2n) is 6.24. The van der Waals surface area contributed by atoms with Crippen LogP contribution in [0.3, 0.4) is 0 Å². The van der Waals surface area contributed by atoms with Crippen molar-refractivity contribution < 1.29 is 9.53 Å². The summed E-state index contributed by atoms with van der Waals surface area (Å²) < 4.78 is 5.85. The average molecular weight is 357 g/mol. The number of hydrogen-bond donors (Lipinski definition) is 2. The van der Waals surface area contributed by atoms with Crippen molar-refractivity contribution >= 4 is 16.8 Å². The van der Waals surface area contributed by atoms with E-state index in [9.17, 15) is 4.79 Å². The first kappa shape index (κ1) is 16.8. The Morgan fingerprint density at radius 2 is 1.78 bits per heavy atom. The lowest BCUT2D eigenvalue weighted by Gasteiger charge is -2.06. The number of aromatic amines is 1. The van der Waals surface area contributed by atoms with E-state index in [0.717, 1.165) is 27.8 Å². The first-order valence-electron chi connectivity index (χ1n) is 8.74. The van der Waals surface area contributed by atoms with Crippen LogP contribution in [-0.4, -0.2) is 15.9 Å². The molecule has 1 amide bonds. The molecule has 0 atom stereocenters. The summed E-state index contributed by atoms with van der Waals surface area (Å²) in [4.78, 5) is 19.5. The van der Waals surface area contributed by atoms with Crippen LogP contribution in [0, 0.1) is 0 Å². The van der Waals surface area contributed by atoms with Gasteiger partial charge in [0.15, 0.2) is 0 Å². The van der Waals surface area contributed by atoms with Gasteiger partial charge in [-0.2, -0.15) is 0 Å². The van der Waals surface area contributed by atoms with Crippen LogP contribution < -0.4 is 10.1 Å². The first-order chi connectivity index (χ1) is 13.3. The molecule has 0 unspecified atom stereocenters. The summed E-state index contributed by atoms with van der Waals surface area (Å²) in [6.07, 6.45) is 3.42. The predicted octanol–water partition coefficient (Wildman–Crippen LogP) is 4.07. The SMILES string of the molecule is O=C(NCc1ccncc1)c1cc2ccc(OCc3ccccc3)cc2[nH]1. The van der Waals surface area contributed by atoms with E-state index in [4.69, 9.17) is 4.74 Å². The molecule has 5 heteroatoms. The zero-order valence-corrected chi connectivity index (χ0v) is 14.7. The second-order valence-corrected chi connectivity index (χ2v) is 6.24. The molecule has 0 fully saturated rings. The lowest BCUT2D eigenvalue weighted by molar-refractivity contribution is 0.0946. The van der Waals surface area contributed by atoms with E-state index in [1.54, 1.807) is 12.4 Å². The fourth-order valence-corrected chi connectivity index (χ4v) is 2.84. The minimum absolute atomic E-state index is 0.144. The third-order valence-electron chi connectivity index (χ3n) is 4.29. The summed E-state index contributed by atoms with van der Waals surface area (Å²) in [7, 11) is 0. The number of benzene rings is 2. The van der Waals surface area contributed by atoms with Crippen LogP contribution in [0.5, 0.6) is 5.75 Å². The normalized spacial score (nSPS) is 10.7. The number of rotatable bonds is 6. The Balaban J connectivity index is 1.43. The van der Waals surface area contributed by atoms with Crippen molar-refractivity contribution in [1.29, 1.82) is 0 Å². The number of pyridine rings is 1. The van der Waals surface area contributed by atoms with Crippen molar-refractivity contribution in [2.24, 2.45) is 0 Å². The molecule has 0 saturated heterocycles. The van der Waals surface area contributed by atoms with Gasteiger partial charge in [-0.3, -0.25) is 9.78 Å². The summed E-state index contributed by atoms with van der Waals surface area (Å²) >= 11 is 0. The molecule has 2 N–H and O–H groups in total. The zero-order chi connectivity index (χ0) is 18.5. The molecule has 0 bridgehead atoms.